The zero-order chi connectivity index (χ0) is 21.3. The monoisotopic (exact) mass is 480 g/mol. The van der Waals surface area contributed by atoms with Crippen LogP contribution < -0.4 is 5.32 Å². The number of carbonyl (C=O) groups excluding carboxylic acids is 2. The van der Waals surface area contributed by atoms with E-state index >= 15 is 0 Å². The Kier molecular flexibility index (Phi) is 6.43. The summed E-state index contributed by atoms with van der Waals surface area (Å²) in [6, 6.07) is 10.4. The lowest BCUT2D eigenvalue weighted by atomic mass is 10.0. The lowest BCUT2D eigenvalue weighted by molar-refractivity contribution is -0.150. The predicted octanol–water partition coefficient (Wildman–Crippen LogP) is 3.47. The van der Waals surface area contributed by atoms with Crippen molar-refractivity contribution in [3.63, 3.8) is 0 Å². The van der Waals surface area contributed by atoms with Gasteiger partial charge in [0.15, 0.2) is 0 Å². The number of benzene rings is 1. The van der Waals surface area contributed by atoms with Crippen LogP contribution in [0.5, 0.6) is 0 Å². The molecule has 0 spiro atoms. The second-order valence-corrected chi connectivity index (χ2v) is 10.3. The summed E-state index contributed by atoms with van der Waals surface area (Å²) in [4.78, 5) is 40.1. The summed E-state index contributed by atoms with van der Waals surface area (Å²) in [5.41, 5.74) is 0.731. The van der Waals surface area contributed by atoms with Crippen molar-refractivity contribution >= 4 is 64.2 Å². The van der Waals surface area contributed by atoms with Gasteiger partial charge in [0.1, 0.15) is 17.1 Å². The molecule has 1 saturated heterocycles. The minimum absolute atomic E-state index is 0.0361. The number of carbonyl (C=O) groups is 3. The van der Waals surface area contributed by atoms with Gasteiger partial charge in [-0.15, -0.1) is 34.9 Å². The van der Waals surface area contributed by atoms with Crippen molar-refractivity contribution in [1.29, 1.82) is 0 Å². The molecule has 2 aliphatic rings. The molecule has 6 nitrogen and oxygen atoms in total. The zero-order valence-corrected chi connectivity index (χ0v) is 18.7. The Morgan fingerprint density at radius 2 is 2.03 bits per heavy atom. The van der Waals surface area contributed by atoms with E-state index in [1.54, 1.807) is 12.1 Å². The quantitative estimate of drug-likeness (QED) is 0.466. The molecule has 1 aromatic heterocycles. The third-order valence-electron chi connectivity index (χ3n) is 4.71. The maximum absolute atomic E-state index is 12.7. The number of β-lactam (4-membered cyclic amide) rings is 1. The maximum Gasteiger partial charge on any atom is 0.352 e. The fourth-order valence-electron chi connectivity index (χ4n) is 3.29. The van der Waals surface area contributed by atoms with Crippen molar-refractivity contribution in [1.82, 2.24) is 10.2 Å². The molecule has 1 aromatic carbocycles. The molecule has 2 aliphatic heterocycles. The summed E-state index contributed by atoms with van der Waals surface area (Å²) in [5, 5.41) is 14.7. The van der Waals surface area contributed by atoms with Gasteiger partial charge >= 0.3 is 5.97 Å². The minimum atomic E-state index is -1.12. The number of halogens is 1. The maximum atomic E-state index is 12.7. The lowest BCUT2D eigenvalue weighted by Crippen LogP contribution is -2.70. The van der Waals surface area contributed by atoms with E-state index in [1.165, 1.54) is 39.8 Å². The van der Waals surface area contributed by atoms with Gasteiger partial charge in [-0.3, -0.25) is 14.5 Å². The largest absolute Gasteiger partial charge is 0.477 e. The molecule has 0 bridgehead atoms. The summed E-state index contributed by atoms with van der Waals surface area (Å²) in [7, 11) is 0. The van der Waals surface area contributed by atoms with Crippen LogP contribution in [0.3, 0.4) is 0 Å². The Balaban J connectivity index is 1.43. The van der Waals surface area contributed by atoms with Crippen LogP contribution in [-0.4, -0.2) is 50.7 Å². The van der Waals surface area contributed by atoms with Crippen molar-refractivity contribution in [2.24, 2.45) is 0 Å². The first-order valence-electron chi connectivity index (χ1n) is 9.04. The second kappa shape index (κ2) is 9.05. The van der Waals surface area contributed by atoms with E-state index in [0.29, 0.717) is 22.1 Å². The van der Waals surface area contributed by atoms with Crippen molar-refractivity contribution < 1.29 is 19.5 Å². The molecule has 0 saturated carbocycles. The highest BCUT2D eigenvalue weighted by atomic mass is 35.5. The van der Waals surface area contributed by atoms with E-state index in [-0.39, 0.29) is 29.3 Å². The molecule has 2 atom stereocenters. The van der Waals surface area contributed by atoms with Gasteiger partial charge in [0.2, 0.25) is 5.91 Å². The first-order chi connectivity index (χ1) is 14.4. The molecule has 4 rings (SSSR count). The van der Waals surface area contributed by atoms with Gasteiger partial charge < -0.3 is 10.4 Å². The standard InChI is InChI=1S/C20H17ClN2O4S3/c21-12-3-5-13(6-4-12)29-9-11-10-30-19-16(18(25)23(19)17(11)20(26)27)22-15(24)8-14-2-1-7-28-14/h1-7,16,19H,8-10H2,(H,22,24)(H,26,27)/t16?,19-/m0/s1. The van der Waals surface area contributed by atoms with Gasteiger partial charge in [-0.05, 0) is 41.3 Å². The first kappa shape index (κ1) is 21.3. The molecule has 1 fully saturated rings. The average molecular weight is 481 g/mol. The molecule has 2 N–H and O–H groups in total. The average Bonchev–Trinajstić information content (AvgIpc) is 3.23. The molecule has 0 aliphatic carbocycles. The number of nitrogens with zero attached hydrogens (tertiary/aromatic N) is 1. The highest BCUT2D eigenvalue weighted by molar-refractivity contribution is 8.01. The van der Waals surface area contributed by atoms with E-state index in [2.05, 4.69) is 5.32 Å². The topological polar surface area (TPSA) is 86.7 Å². The van der Waals surface area contributed by atoms with E-state index < -0.39 is 12.0 Å². The van der Waals surface area contributed by atoms with Gasteiger partial charge in [-0.2, -0.15) is 0 Å². The molecule has 156 valence electrons. The van der Waals surface area contributed by atoms with Crippen LogP contribution in [0.15, 0.2) is 57.9 Å². The van der Waals surface area contributed by atoms with E-state index in [9.17, 15) is 19.5 Å². The molecular weight excluding hydrogens is 464 g/mol. The Hall–Kier alpha value is -1.94. The smallest absolute Gasteiger partial charge is 0.352 e. The summed E-state index contributed by atoms with van der Waals surface area (Å²) in [5.74, 6) is -0.779. The third-order valence-corrected chi connectivity index (χ3v) is 8.27. The Bertz CT molecular complexity index is 1010. The van der Waals surface area contributed by atoms with Crippen LogP contribution >= 0.6 is 46.5 Å². The van der Waals surface area contributed by atoms with Crippen LogP contribution in [-0.2, 0) is 20.8 Å². The Morgan fingerprint density at radius 3 is 2.70 bits per heavy atom. The number of amides is 2. The van der Waals surface area contributed by atoms with Crippen molar-refractivity contribution in [3.05, 3.63) is 62.9 Å². The SMILES string of the molecule is O=C(Cc1cccs1)NC1C(=O)N2C(C(=O)O)=C(CSc3ccc(Cl)cc3)CS[C@@H]12. The van der Waals surface area contributed by atoms with Crippen LogP contribution in [0.4, 0.5) is 0 Å². The highest BCUT2D eigenvalue weighted by Crippen LogP contribution is 2.41. The molecule has 30 heavy (non-hydrogen) atoms. The summed E-state index contributed by atoms with van der Waals surface area (Å²) in [6.45, 7) is 0. The minimum Gasteiger partial charge on any atom is -0.477 e. The number of nitrogens with one attached hydrogen (secondary N) is 1. The van der Waals surface area contributed by atoms with Crippen LogP contribution in [0.25, 0.3) is 0 Å². The van der Waals surface area contributed by atoms with Gasteiger partial charge in [-0.1, -0.05) is 17.7 Å². The normalized spacial score (nSPS) is 20.6. The number of carboxylic acids is 1. The molecular formula is C20H17ClN2O4S3. The lowest BCUT2D eigenvalue weighted by Gasteiger charge is -2.49. The molecule has 3 heterocycles. The molecule has 10 heteroatoms. The highest BCUT2D eigenvalue weighted by Gasteiger charge is 2.54. The Morgan fingerprint density at radius 1 is 1.27 bits per heavy atom. The molecule has 0 radical (unpaired) electrons. The van der Waals surface area contributed by atoms with Gasteiger partial charge in [0, 0.05) is 26.3 Å². The van der Waals surface area contributed by atoms with Crippen LogP contribution in [0, 0.1) is 0 Å². The molecule has 2 aromatic rings. The number of hydrogen-bond donors (Lipinski definition) is 2. The number of thioether (sulfide) groups is 2. The van der Waals surface area contributed by atoms with Crippen molar-refractivity contribution in [2.45, 2.75) is 22.7 Å². The number of fused-ring (bicyclic) bond motifs is 1. The molecule has 2 amide bonds. The molecule has 1 unspecified atom stereocenters. The Labute approximate surface area is 190 Å². The fraction of sp³-hybridized carbons (Fsp3) is 0.250. The number of hydrogen-bond acceptors (Lipinski definition) is 6. The van der Waals surface area contributed by atoms with Crippen LogP contribution in [0.2, 0.25) is 5.02 Å². The van der Waals surface area contributed by atoms with Gasteiger partial charge in [0.25, 0.3) is 5.91 Å². The predicted molar refractivity (Wildman–Crippen MR) is 120 cm³/mol. The van der Waals surface area contributed by atoms with E-state index in [1.807, 2.05) is 29.6 Å². The second-order valence-electron chi connectivity index (χ2n) is 6.71. The number of aliphatic carboxylic acids is 1. The summed E-state index contributed by atoms with van der Waals surface area (Å²) < 4.78 is 0. The van der Waals surface area contributed by atoms with Crippen LogP contribution in [0.1, 0.15) is 4.88 Å². The van der Waals surface area contributed by atoms with Crippen molar-refractivity contribution in [3.8, 4) is 0 Å². The fourth-order valence-corrected chi connectivity index (χ4v) is 6.50. The van der Waals surface area contributed by atoms with Gasteiger partial charge in [0.05, 0.1) is 6.42 Å². The van der Waals surface area contributed by atoms with Gasteiger partial charge in [-0.25, -0.2) is 4.79 Å². The number of thiophene rings is 1. The zero-order valence-electron chi connectivity index (χ0n) is 15.5. The number of carboxylic acid groups (broad SMARTS) is 1. The summed E-state index contributed by atoms with van der Waals surface area (Å²) in [6.07, 6.45) is 0.212. The number of rotatable bonds is 7. The van der Waals surface area contributed by atoms with E-state index in [0.717, 1.165) is 9.77 Å². The third kappa shape index (κ3) is 4.39. The van der Waals surface area contributed by atoms with E-state index in [4.69, 9.17) is 11.6 Å². The summed E-state index contributed by atoms with van der Waals surface area (Å²) >= 11 is 10.4. The first-order valence-corrected chi connectivity index (χ1v) is 12.3. The van der Waals surface area contributed by atoms with Crippen molar-refractivity contribution in [2.75, 3.05) is 11.5 Å².